The second-order valence-corrected chi connectivity index (χ2v) is 5.88. The molecule has 3 nitrogen and oxygen atoms in total. The van der Waals surface area contributed by atoms with E-state index in [2.05, 4.69) is 19.2 Å². The molecule has 0 saturated heterocycles. The topological polar surface area (TPSA) is 55.1 Å². The molecule has 1 aromatic carbocycles. The van der Waals surface area contributed by atoms with E-state index in [-0.39, 0.29) is 5.78 Å². The van der Waals surface area contributed by atoms with E-state index < -0.39 is 0 Å². The summed E-state index contributed by atoms with van der Waals surface area (Å²) in [6.45, 7) is 7.04. The molecule has 0 atom stereocenters. The van der Waals surface area contributed by atoms with Gasteiger partial charge in [0.05, 0.1) is 0 Å². The summed E-state index contributed by atoms with van der Waals surface area (Å²) in [7, 11) is 0. The van der Waals surface area contributed by atoms with E-state index in [1.54, 1.807) is 13.0 Å². The number of anilines is 2. The summed E-state index contributed by atoms with van der Waals surface area (Å²) in [5.41, 5.74) is 7.91. The largest absolute Gasteiger partial charge is 0.398 e. The third-order valence-corrected chi connectivity index (χ3v) is 3.47. The van der Waals surface area contributed by atoms with Crippen molar-refractivity contribution < 1.29 is 4.79 Å². The number of hydrogen-bond acceptors (Lipinski definition) is 3. The molecule has 0 aliphatic carbocycles. The van der Waals surface area contributed by atoms with Gasteiger partial charge in [0.1, 0.15) is 0 Å². The summed E-state index contributed by atoms with van der Waals surface area (Å²) in [5.74, 6) is 0.827. The molecule has 0 radical (unpaired) electrons. The van der Waals surface area contributed by atoms with Crippen molar-refractivity contribution in [3.63, 3.8) is 0 Å². The molecule has 0 aromatic heterocycles. The van der Waals surface area contributed by atoms with E-state index in [4.69, 9.17) is 5.73 Å². The predicted molar refractivity (Wildman–Crippen MR) is 87.3 cm³/mol. The van der Waals surface area contributed by atoms with Gasteiger partial charge in [0.2, 0.25) is 0 Å². The van der Waals surface area contributed by atoms with Crippen LogP contribution in [-0.4, -0.2) is 12.3 Å². The highest BCUT2D eigenvalue weighted by molar-refractivity contribution is 5.99. The Balaban J connectivity index is 2.25. The molecule has 0 aliphatic rings. The molecule has 112 valence electrons. The second kappa shape index (κ2) is 8.62. The Morgan fingerprint density at radius 1 is 1.20 bits per heavy atom. The zero-order valence-electron chi connectivity index (χ0n) is 13.0. The van der Waals surface area contributed by atoms with Gasteiger partial charge in [-0.05, 0) is 37.5 Å². The quantitative estimate of drug-likeness (QED) is 0.397. The SMILES string of the molecule is CC(=O)c1cc(NCCCCCCC(C)C)ccc1N. The molecule has 0 bridgehead atoms. The number of carbonyl (C=O) groups is 1. The normalized spacial score (nSPS) is 10.8. The Kier molecular flexibility index (Phi) is 7.13. The maximum Gasteiger partial charge on any atom is 0.161 e. The van der Waals surface area contributed by atoms with E-state index in [0.717, 1.165) is 24.6 Å². The van der Waals surface area contributed by atoms with Crippen LogP contribution in [0.3, 0.4) is 0 Å². The number of nitrogens with two attached hydrogens (primary N) is 1. The zero-order valence-corrected chi connectivity index (χ0v) is 13.0. The minimum atomic E-state index is 0.0137. The van der Waals surface area contributed by atoms with Crippen LogP contribution in [0.15, 0.2) is 18.2 Å². The number of carbonyl (C=O) groups excluding carboxylic acids is 1. The monoisotopic (exact) mass is 276 g/mol. The maximum absolute atomic E-state index is 11.4. The number of Topliss-reactive ketones (excluding diaryl/α,β-unsaturated/α-hetero) is 1. The lowest BCUT2D eigenvalue weighted by Crippen LogP contribution is -2.05. The van der Waals surface area contributed by atoms with E-state index >= 15 is 0 Å². The number of unbranched alkanes of at least 4 members (excludes halogenated alkanes) is 3. The summed E-state index contributed by atoms with van der Waals surface area (Å²) in [6.07, 6.45) is 6.38. The van der Waals surface area contributed by atoms with Crippen molar-refractivity contribution in [1.82, 2.24) is 0 Å². The molecule has 3 N–H and O–H groups in total. The van der Waals surface area contributed by atoms with Crippen molar-refractivity contribution in [3.8, 4) is 0 Å². The standard InChI is InChI=1S/C17H28N2O/c1-13(2)8-6-4-5-7-11-19-15-9-10-17(18)16(12-15)14(3)20/h9-10,12-13,19H,4-8,11,18H2,1-3H3. The van der Waals surface area contributed by atoms with Crippen molar-refractivity contribution in [2.24, 2.45) is 5.92 Å². The average Bonchev–Trinajstić information content (AvgIpc) is 2.38. The van der Waals surface area contributed by atoms with Gasteiger partial charge >= 0.3 is 0 Å². The minimum absolute atomic E-state index is 0.0137. The molecule has 0 heterocycles. The summed E-state index contributed by atoms with van der Waals surface area (Å²) in [4.78, 5) is 11.4. The van der Waals surface area contributed by atoms with Gasteiger partial charge in [-0.25, -0.2) is 0 Å². The molecule has 0 amide bonds. The third-order valence-electron chi connectivity index (χ3n) is 3.47. The highest BCUT2D eigenvalue weighted by Crippen LogP contribution is 2.18. The molecule has 1 rings (SSSR count). The highest BCUT2D eigenvalue weighted by atomic mass is 16.1. The molecule has 0 aliphatic heterocycles. The molecule has 0 saturated carbocycles. The van der Waals surface area contributed by atoms with Crippen LogP contribution in [0.5, 0.6) is 0 Å². The van der Waals surface area contributed by atoms with E-state index in [0.29, 0.717) is 11.3 Å². The predicted octanol–water partition coefficient (Wildman–Crippen LogP) is 4.49. The molecule has 3 heteroatoms. The van der Waals surface area contributed by atoms with Crippen LogP contribution in [0, 0.1) is 5.92 Å². The molecule has 20 heavy (non-hydrogen) atoms. The Hall–Kier alpha value is -1.51. The first-order chi connectivity index (χ1) is 9.50. The van der Waals surface area contributed by atoms with Crippen LogP contribution >= 0.6 is 0 Å². The van der Waals surface area contributed by atoms with Crippen molar-refractivity contribution in [3.05, 3.63) is 23.8 Å². The number of nitrogen functional groups attached to an aromatic ring is 1. The van der Waals surface area contributed by atoms with Gasteiger partial charge in [-0.3, -0.25) is 4.79 Å². The summed E-state index contributed by atoms with van der Waals surface area (Å²) >= 11 is 0. The van der Waals surface area contributed by atoms with E-state index in [1.807, 2.05) is 12.1 Å². The molecule has 1 aromatic rings. The Bertz CT molecular complexity index is 427. The number of ketones is 1. The molecule has 0 fully saturated rings. The van der Waals surface area contributed by atoms with Crippen LogP contribution < -0.4 is 11.1 Å². The first kappa shape index (κ1) is 16.5. The Morgan fingerprint density at radius 3 is 2.55 bits per heavy atom. The lowest BCUT2D eigenvalue weighted by atomic mass is 10.0. The molecule has 0 unspecified atom stereocenters. The Morgan fingerprint density at radius 2 is 1.90 bits per heavy atom. The number of benzene rings is 1. The van der Waals surface area contributed by atoms with Crippen LogP contribution in [0.4, 0.5) is 11.4 Å². The summed E-state index contributed by atoms with van der Waals surface area (Å²) in [5, 5.41) is 3.36. The van der Waals surface area contributed by atoms with Crippen molar-refractivity contribution >= 4 is 17.2 Å². The fraction of sp³-hybridized carbons (Fsp3) is 0.588. The maximum atomic E-state index is 11.4. The molecular weight excluding hydrogens is 248 g/mol. The van der Waals surface area contributed by atoms with Crippen LogP contribution in [-0.2, 0) is 0 Å². The number of hydrogen-bond donors (Lipinski definition) is 2. The zero-order chi connectivity index (χ0) is 15.0. The minimum Gasteiger partial charge on any atom is -0.398 e. The second-order valence-electron chi connectivity index (χ2n) is 5.88. The first-order valence-electron chi connectivity index (χ1n) is 7.65. The lowest BCUT2D eigenvalue weighted by molar-refractivity contribution is 0.101. The fourth-order valence-corrected chi connectivity index (χ4v) is 2.24. The summed E-state index contributed by atoms with van der Waals surface area (Å²) < 4.78 is 0. The first-order valence-corrected chi connectivity index (χ1v) is 7.65. The molecular formula is C17H28N2O. The number of rotatable bonds is 9. The van der Waals surface area contributed by atoms with Crippen LogP contribution in [0.1, 0.15) is 63.2 Å². The summed E-state index contributed by atoms with van der Waals surface area (Å²) in [6, 6.07) is 5.57. The van der Waals surface area contributed by atoms with E-state index in [9.17, 15) is 4.79 Å². The van der Waals surface area contributed by atoms with Crippen molar-refractivity contribution in [1.29, 1.82) is 0 Å². The third kappa shape index (κ3) is 6.09. The van der Waals surface area contributed by atoms with Gasteiger partial charge in [0.25, 0.3) is 0 Å². The fourth-order valence-electron chi connectivity index (χ4n) is 2.24. The van der Waals surface area contributed by atoms with Gasteiger partial charge in [0.15, 0.2) is 5.78 Å². The van der Waals surface area contributed by atoms with Crippen LogP contribution in [0.2, 0.25) is 0 Å². The van der Waals surface area contributed by atoms with Gasteiger partial charge in [0, 0.05) is 23.5 Å². The lowest BCUT2D eigenvalue weighted by Gasteiger charge is -2.09. The average molecular weight is 276 g/mol. The Labute approximate surface area is 122 Å². The van der Waals surface area contributed by atoms with Crippen molar-refractivity contribution in [2.45, 2.75) is 52.9 Å². The van der Waals surface area contributed by atoms with E-state index in [1.165, 1.54) is 25.7 Å². The van der Waals surface area contributed by atoms with Gasteiger partial charge in [-0.2, -0.15) is 0 Å². The molecule has 0 spiro atoms. The highest BCUT2D eigenvalue weighted by Gasteiger charge is 2.05. The van der Waals surface area contributed by atoms with Gasteiger partial charge in [-0.1, -0.05) is 39.5 Å². The van der Waals surface area contributed by atoms with Crippen LogP contribution in [0.25, 0.3) is 0 Å². The van der Waals surface area contributed by atoms with Gasteiger partial charge in [-0.15, -0.1) is 0 Å². The van der Waals surface area contributed by atoms with Gasteiger partial charge < -0.3 is 11.1 Å². The smallest absolute Gasteiger partial charge is 0.161 e. The van der Waals surface area contributed by atoms with Crippen molar-refractivity contribution in [2.75, 3.05) is 17.6 Å². The number of nitrogens with one attached hydrogen (secondary N) is 1.